The van der Waals surface area contributed by atoms with Crippen LogP contribution in [0.25, 0.3) is 0 Å². The molecule has 0 spiro atoms. The average Bonchev–Trinajstić information content (AvgIpc) is 2.43. The molecule has 0 saturated heterocycles. The molecule has 0 aromatic rings. The van der Waals surface area contributed by atoms with Crippen LogP contribution in [0, 0.1) is 0 Å². The van der Waals surface area contributed by atoms with Crippen molar-refractivity contribution in [2.75, 3.05) is 46.7 Å². The van der Waals surface area contributed by atoms with Gasteiger partial charge >= 0.3 is 0 Å². The van der Waals surface area contributed by atoms with Crippen molar-refractivity contribution in [1.29, 1.82) is 0 Å². The van der Waals surface area contributed by atoms with Crippen LogP contribution >= 0.6 is 0 Å². The lowest BCUT2D eigenvalue weighted by Gasteiger charge is -2.40. The SMILES string of the molecule is CCNC1(CO)CCCC(OCCOCCOC)C1. The van der Waals surface area contributed by atoms with Crippen LogP contribution in [0.1, 0.15) is 32.6 Å². The van der Waals surface area contributed by atoms with Gasteiger partial charge in [0.1, 0.15) is 0 Å². The van der Waals surface area contributed by atoms with Gasteiger partial charge in [0.2, 0.25) is 0 Å². The Hall–Kier alpha value is -0.200. The van der Waals surface area contributed by atoms with E-state index >= 15 is 0 Å². The Labute approximate surface area is 116 Å². The summed E-state index contributed by atoms with van der Waals surface area (Å²) >= 11 is 0. The van der Waals surface area contributed by atoms with Gasteiger partial charge in [-0.3, -0.25) is 0 Å². The standard InChI is InChI=1S/C14H29NO4/c1-3-15-14(12-16)6-4-5-13(11-14)19-10-9-18-8-7-17-2/h13,15-16H,3-12H2,1-2H3. The Bertz CT molecular complexity index is 223. The molecule has 0 bridgehead atoms. The maximum Gasteiger partial charge on any atom is 0.0704 e. The Balaban J connectivity index is 2.19. The molecule has 1 rings (SSSR count). The molecule has 0 heterocycles. The number of likely N-dealkylation sites (N-methyl/N-ethyl adjacent to an activating group) is 1. The molecular weight excluding hydrogens is 246 g/mol. The fourth-order valence-corrected chi connectivity index (χ4v) is 2.70. The van der Waals surface area contributed by atoms with Crippen molar-refractivity contribution in [2.45, 2.75) is 44.2 Å². The third-order valence-corrected chi connectivity index (χ3v) is 3.67. The summed E-state index contributed by atoms with van der Waals surface area (Å²) in [7, 11) is 1.66. The van der Waals surface area contributed by atoms with Crippen LogP contribution in [-0.4, -0.2) is 63.4 Å². The van der Waals surface area contributed by atoms with Gasteiger partial charge in [0.25, 0.3) is 0 Å². The second-order valence-corrected chi connectivity index (χ2v) is 5.16. The minimum Gasteiger partial charge on any atom is -0.394 e. The quantitative estimate of drug-likeness (QED) is 0.581. The molecule has 2 unspecified atom stereocenters. The Morgan fingerprint density at radius 1 is 1.26 bits per heavy atom. The average molecular weight is 275 g/mol. The van der Waals surface area contributed by atoms with Gasteiger partial charge in [-0.1, -0.05) is 6.92 Å². The molecule has 114 valence electrons. The smallest absolute Gasteiger partial charge is 0.0704 e. The summed E-state index contributed by atoms with van der Waals surface area (Å²) in [4.78, 5) is 0. The third kappa shape index (κ3) is 6.19. The first kappa shape index (κ1) is 16.9. The first-order valence-electron chi connectivity index (χ1n) is 7.30. The summed E-state index contributed by atoms with van der Waals surface area (Å²) in [6.07, 6.45) is 4.32. The van der Waals surface area contributed by atoms with Crippen molar-refractivity contribution in [3.63, 3.8) is 0 Å². The van der Waals surface area contributed by atoms with E-state index in [4.69, 9.17) is 14.2 Å². The van der Waals surface area contributed by atoms with Gasteiger partial charge in [0, 0.05) is 12.6 Å². The van der Waals surface area contributed by atoms with Crippen molar-refractivity contribution in [3.8, 4) is 0 Å². The highest BCUT2D eigenvalue weighted by atomic mass is 16.5. The predicted molar refractivity (Wildman–Crippen MR) is 74.4 cm³/mol. The Morgan fingerprint density at radius 3 is 2.74 bits per heavy atom. The number of methoxy groups -OCH3 is 1. The molecule has 5 nitrogen and oxygen atoms in total. The van der Waals surface area contributed by atoms with Crippen molar-refractivity contribution in [1.82, 2.24) is 5.32 Å². The van der Waals surface area contributed by atoms with Gasteiger partial charge in [-0.25, -0.2) is 0 Å². The normalized spacial score (nSPS) is 27.6. The van der Waals surface area contributed by atoms with Gasteiger partial charge < -0.3 is 24.6 Å². The molecular formula is C14H29NO4. The van der Waals surface area contributed by atoms with Crippen molar-refractivity contribution >= 4 is 0 Å². The van der Waals surface area contributed by atoms with E-state index in [1.54, 1.807) is 7.11 Å². The minimum absolute atomic E-state index is 0.144. The predicted octanol–water partition coefficient (Wildman–Crippen LogP) is 0.949. The van der Waals surface area contributed by atoms with E-state index in [0.717, 1.165) is 32.2 Å². The van der Waals surface area contributed by atoms with Crippen molar-refractivity contribution < 1.29 is 19.3 Å². The fraction of sp³-hybridized carbons (Fsp3) is 1.00. The molecule has 2 N–H and O–H groups in total. The highest BCUT2D eigenvalue weighted by Gasteiger charge is 2.35. The topological polar surface area (TPSA) is 60.0 Å². The number of aliphatic hydroxyl groups is 1. The zero-order valence-electron chi connectivity index (χ0n) is 12.3. The second kappa shape index (κ2) is 9.66. The number of hydrogen-bond acceptors (Lipinski definition) is 5. The van der Waals surface area contributed by atoms with Gasteiger partial charge in [0.05, 0.1) is 39.1 Å². The third-order valence-electron chi connectivity index (χ3n) is 3.67. The van der Waals surface area contributed by atoms with Crippen LogP contribution in [0.15, 0.2) is 0 Å². The lowest BCUT2D eigenvalue weighted by Crippen LogP contribution is -2.53. The molecule has 2 atom stereocenters. The monoisotopic (exact) mass is 275 g/mol. The summed E-state index contributed by atoms with van der Waals surface area (Å²) in [5.74, 6) is 0. The lowest BCUT2D eigenvalue weighted by molar-refractivity contribution is -0.0416. The molecule has 19 heavy (non-hydrogen) atoms. The number of aliphatic hydroxyl groups excluding tert-OH is 1. The first-order chi connectivity index (χ1) is 9.26. The molecule has 5 heteroatoms. The van der Waals surface area contributed by atoms with Crippen LogP contribution in [0.2, 0.25) is 0 Å². The van der Waals surface area contributed by atoms with Gasteiger partial charge in [-0.2, -0.15) is 0 Å². The van der Waals surface area contributed by atoms with E-state index in [0.29, 0.717) is 26.4 Å². The first-order valence-corrected chi connectivity index (χ1v) is 7.30. The molecule has 1 aliphatic rings. The summed E-state index contributed by atoms with van der Waals surface area (Å²) < 4.78 is 16.1. The Morgan fingerprint density at radius 2 is 2.05 bits per heavy atom. The van der Waals surface area contributed by atoms with E-state index in [9.17, 15) is 5.11 Å². The van der Waals surface area contributed by atoms with Crippen molar-refractivity contribution in [2.24, 2.45) is 0 Å². The Kier molecular flexibility index (Phi) is 8.57. The molecule has 0 aliphatic heterocycles. The number of nitrogens with one attached hydrogen (secondary N) is 1. The molecule has 0 aromatic carbocycles. The zero-order valence-corrected chi connectivity index (χ0v) is 12.3. The molecule has 0 aromatic heterocycles. The minimum atomic E-state index is -0.144. The molecule has 1 aliphatic carbocycles. The number of rotatable bonds is 10. The van der Waals surface area contributed by atoms with Gasteiger partial charge in [-0.05, 0) is 32.2 Å². The van der Waals surface area contributed by atoms with Crippen LogP contribution in [0.3, 0.4) is 0 Å². The fourth-order valence-electron chi connectivity index (χ4n) is 2.70. The molecule has 0 amide bonds. The summed E-state index contributed by atoms with van der Waals surface area (Å²) in [6, 6.07) is 0. The second-order valence-electron chi connectivity index (χ2n) is 5.16. The van der Waals surface area contributed by atoms with Crippen LogP contribution in [-0.2, 0) is 14.2 Å². The van der Waals surface area contributed by atoms with E-state index in [2.05, 4.69) is 12.2 Å². The lowest BCUT2D eigenvalue weighted by atomic mass is 9.80. The largest absolute Gasteiger partial charge is 0.394 e. The molecule has 1 saturated carbocycles. The van der Waals surface area contributed by atoms with Crippen LogP contribution < -0.4 is 5.32 Å². The highest BCUT2D eigenvalue weighted by Crippen LogP contribution is 2.29. The maximum atomic E-state index is 9.60. The van der Waals surface area contributed by atoms with E-state index in [1.165, 1.54) is 0 Å². The van der Waals surface area contributed by atoms with Gasteiger partial charge in [0.15, 0.2) is 0 Å². The van der Waals surface area contributed by atoms with Gasteiger partial charge in [-0.15, -0.1) is 0 Å². The molecule has 1 fully saturated rings. The van der Waals surface area contributed by atoms with Crippen molar-refractivity contribution in [3.05, 3.63) is 0 Å². The van der Waals surface area contributed by atoms with Crippen LogP contribution in [0.5, 0.6) is 0 Å². The maximum absolute atomic E-state index is 9.60. The number of hydrogen-bond donors (Lipinski definition) is 2. The zero-order chi connectivity index (χ0) is 14.0. The highest BCUT2D eigenvalue weighted by molar-refractivity contribution is 4.93. The molecule has 0 radical (unpaired) electrons. The summed E-state index contributed by atoms with van der Waals surface area (Å²) in [5.41, 5.74) is -0.144. The van der Waals surface area contributed by atoms with E-state index in [-0.39, 0.29) is 18.2 Å². The van der Waals surface area contributed by atoms with E-state index in [1.807, 2.05) is 0 Å². The number of ether oxygens (including phenoxy) is 3. The van der Waals surface area contributed by atoms with E-state index < -0.39 is 0 Å². The summed E-state index contributed by atoms with van der Waals surface area (Å²) in [6.45, 7) is 5.60. The summed E-state index contributed by atoms with van der Waals surface area (Å²) in [5, 5.41) is 13.0. The van der Waals surface area contributed by atoms with Crippen LogP contribution in [0.4, 0.5) is 0 Å².